The van der Waals surface area contributed by atoms with E-state index in [0.717, 1.165) is 52.1 Å². The minimum Gasteiger partial charge on any atom is -0.464 e. The van der Waals surface area contributed by atoms with Crippen LogP contribution in [-0.2, 0) is 27.9 Å². The molecule has 1 saturated heterocycles. The highest BCUT2D eigenvalue weighted by Crippen LogP contribution is 2.52. The first-order chi connectivity index (χ1) is 15.3. The molecule has 1 aliphatic rings. The number of rotatable bonds is 16. The molecule has 0 radical (unpaired) electrons. The topological polar surface area (TPSA) is 86.3 Å². The molecule has 196 valence electrons. The van der Waals surface area contributed by atoms with Crippen LogP contribution < -0.4 is 5.09 Å². The normalized spacial score (nSPS) is 19.6. The fourth-order valence-corrected chi connectivity index (χ4v) is 5.58. The first kappa shape index (κ1) is 30.5. The Morgan fingerprint density at radius 1 is 1.00 bits per heavy atom. The maximum Gasteiger partial charge on any atom is 0.406 e. The third-order valence-electron chi connectivity index (χ3n) is 6.44. The molecule has 0 spiro atoms. The molecule has 1 N–H and O–H groups in total. The lowest BCUT2D eigenvalue weighted by molar-refractivity contribution is -0.154. The molecule has 2 unspecified atom stereocenters. The van der Waals surface area contributed by atoms with E-state index in [1.54, 1.807) is 0 Å². The van der Waals surface area contributed by atoms with Crippen LogP contribution in [0.4, 0.5) is 0 Å². The second-order valence-corrected chi connectivity index (χ2v) is 12.2. The van der Waals surface area contributed by atoms with Crippen molar-refractivity contribution in [2.45, 2.75) is 98.7 Å². The Morgan fingerprint density at radius 3 is 2.18 bits per heavy atom. The Hall–Kier alpha value is -0.500. The highest BCUT2D eigenvalue weighted by molar-refractivity contribution is 7.51. The van der Waals surface area contributed by atoms with E-state index >= 15 is 0 Å². The lowest BCUT2D eigenvalue weighted by Crippen LogP contribution is -2.40. The minimum absolute atomic E-state index is 0.0969. The summed E-state index contributed by atoms with van der Waals surface area (Å²) in [4.78, 5) is 15.0. The molecule has 0 aromatic heterocycles. The predicted molar refractivity (Wildman–Crippen MR) is 132 cm³/mol. The van der Waals surface area contributed by atoms with Gasteiger partial charge in [-0.1, -0.05) is 27.2 Å². The fourth-order valence-electron chi connectivity index (χ4n) is 3.47. The van der Waals surface area contributed by atoms with Crippen LogP contribution in [-0.4, -0.2) is 68.1 Å². The second-order valence-electron chi connectivity index (χ2n) is 10.5. The fraction of sp³-hybridized carbons (Fsp3) is 0.958. The second kappa shape index (κ2) is 13.6. The molecule has 0 bridgehead atoms. The number of carbonyl (C=O) groups is 1. The van der Waals surface area contributed by atoms with Crippen molar-refractivity contribution in [3.8, 4) is 0 Å². The number of esters is 1. The Labute approximate surface area is 202 Å². The summed E-state index contributed by atoms with van der Waals surface area (Å²) in [7, 11) is -3.62. The summed E-state index contributed by atoms with van der Waals surface area (Å²) >= 11 is 0. The van der Waals surface area contributed by atoms with Crippen LogP contribution in [0.3, 0.4) is 0 Å². The van der Waals surface area contributed by atoms with Crippen molar-refractivity contribution >= 4 is 13.7 Å². The Bertz CT molecular complexity index is 636. The molecule has 9 heteroatoms. The van der Waals surface area contributed by atoms with Gasteiger partial charge in [0.15, 0.2) is 0 Å². The van der Waals surface area contributed by atoms with Crippen molar-refractivity contribution in [2.24, 2.45) is 5.41 Å². The Balaban J connectivity index is 2.63. The van der Waals surface area contributed by atoms with Crippen molar-refractivity contribution in [1.82, 2.24) is 9.99 Å². The van der Waals surface area contributed by atoms with Crippen LogP contribution in [0.25, 0.3) is 0 Å². The number of hydrogen-bond donors (Lipinski definition) is 1. The zero-order valence-corrected chi connectivity index (χ0v) is 23.2. The van der Waals surface area contributed by atoms with Crippen LogP contribution >= 0.6 is 7.75 Å². The van der Waals surface area contributed by atoms with E-state index in [9.17, 15) is 9.36 Å². The van der Waals surface area contributed by atoms with Gasteiger partial charge < -0.3 is 9.47 Å². The van der Waals surface area contributed by atoms with E-state index in [-0.39, 0.29) is 19.1 Å². The van der Waals surface area contributed by atoms with Crippen molar-refractivity contribution in [1.29, 1.82) is 0 Å². The van der Waals surface area contributed by atoms with Gasteiger partial charge in [0, 0.05) is 19.6 Å². The summed E-state index contributed by atoms with van der Waals surface area (Å²) in [5, 5.41) is 2.94. The molecule has 0 aliphatic carbocycles. The van der Waals surface area contributed by atoms with Crippen LogP contribution in [0.5, 0.6) is 0 Å². The highest BCUT2D eigenvalue weighted by Gasteiger charge is 2.39. The van der Waals surface area contributed by atoms with Gasteiger partial charge in [-0.25, -0.2) is 9.65 Å². The summed E-state index contributed by atoms with van der Waals surface area (Å²) in [6.07, 6.45) is 3.80. The van der Waals surface area contributed by atoms with Crippen molar-refractivity contribution in [3.63, 3.8) is 0 Å². The molecule has 0 aromatic rings. The first-order valence-corrected chi connectivity index (χ1v) is 14.1. The lowest BCUT2D eigenvalue weighted by Gasteiger charge is -2.36. The molecule has 1 heterocycles. The Kier molecular flexibility index (Phi) is 12.5. The minimum atomic E-state index is -3.62. The van der Waals surface area contributed by atoms with Crippen molar-refractivity contribution in [2.75, 3.05) is 46.0 Å². The molecule has 1 rings (SSSR count). The number of morpholine rings is 1. The van der Waals surface area contributed by atoms with Gasteiger partial charge in [-0.15, -0.1) is 0 Å². The summed E-state index contributed by atoms with van der Waals surface area (Å²) in [5.74, 6) is -0.257. The van der Waals surface area contributed by atoms with E-state index in [1.165, 1.54) is 0 Å². The largest absolute Gasteiger partial charge is 0.464 e. The summed E-state index contributed by atoms with van der Waals surface area (Å²) in [5.41, 5.74) is -1.76. The third kappa shape index (κ3) is 11.2. The molecular weight excluding hydrogens is 443 g/mol. The number of hydrogen-bond acceptors (Lipinski definition) is 7. The Morgan fingerprint density at radius 2 is 1.64 bits per heavy atom. The van der Waals surface area contributed by atoms with Gasteiger partial charge in [0.2, 0.25) is 0 Å². The molecular formula is C24H49N2O6P. The zero-order chi connectivity index (χ0) is 25.2. The predicted octanol–water partition coefficient (Wildman–Crippen LogP) is 5.17. The summed E-state index contributed by atoms with van der Waals surface area (Å²) in [6.45, 7) is 20.0. The molecule has 0 saturated carbocycles. The van der Waals surface area contributed by atoms with Gasteiger partial charge >= 0.3 is 13.7 Å². The molecule has 1 fully saturated rings. The van der Waals surface area contributed by atoms with E-state index in [1.807, 2.05) is 48.5 Å². The number of nitrogens with zero attached hydrogens (tertiary/aromatic N) is 1. The van der Waals surface area contributed by atoms with Gasteiger partial charge in [-0.2, -0.15) is 0 Å². The SMILES string of the molecule is CCCC(C)(CC)OP(=O)(NCCOC(=O)C(C)(C)CCN1CCOCC1)OC(C)(C)CC. The van der Waals surface area contributed by atoms with Crippen LogP contribution in [0, 0.1) is 5.41 Å². The van der Waals surface area contributed by atoms with E-state index < -0.39 is 24.4 Å². The lowest BCUT2D eigenvalue weighted by atomic mass is 9.89. The van der Waals surface area contributed by atoms with E-state index in [4.69, 9.17) is 18.5 Å². The molecule has 0 aromatic carbocycles. The number of carbonyl (C=O) groups excluding carboxylic acids is 1. The van der Waals surface area contributed by atoms with E-state index in [2.05, 4.69) is 16.9 Å². The summed E-state index contributed by atoms with van der Waals surface area (Å²) in [6, 6.07) is 0. The van der Waals surface area contributed by atoms with Crippen LogP contribution in [0.1, 0.15) is 87.5 Å². The number of ether oxygens (including phenoxy) is 2. The monoisotopic (exact) mass is 492 g/mol. The smallest absolute Gasteiger partial charge is 0.406 e. The zero-order valence-electron chi connectivity index (χ0n) is 22.3. The standard InChI is InChI=1S/C24H49N2O6P/c1-9-12-24(8,11-3)32-33(28,31-23(6,7)10-2)25-14-18-30-21(27)22(4,5)13-15-26-16-19-29-20-17-26/h9-20H2,1-8H3,(H,25,28). The number of nitrogens with one attached hydrogen (secondary N) is 1. The average Bonchev–Trinajstić information content (AvgIpc) is 2.75. The van der Waals surface area contributed by atoms with Gasteiger partial charge in [-0.3, -0.25) is 18.7 Å². The average molecular weight is 493 g/mol. The molecule has 1 aliphatic heterocycles. The first-order valence-electron chi connectivity index (χ1n) is 12.5. The quantitative estimate of drug-likeness (QED) is 0.179. The van der Waals surface area contributed by atoms with Crippen LogP contribution in [0.2, 0.25) is 0 Å². The van der Waals surface area contributed by atoms with Gasteiger partial charge in [-0.05, 0) is 66.8 Å². The van der Waals surface area contributed by atoms with Crippen LogP contribution in [0.15, 0.2) is 0 Å². The van der Waals surface area contributed by atoms with Crippen molar-refractivity contribution in [3.05, 3.63) is 0 Å². The molecule has 0 amide bonds. The highest BCUT2D eigenvalue weighted by atomic mass is 31.2. The van der Waals surface area contributed by atoms with Gasteiger partial charge in [0.25, 0.3) is 0 Å². The van der Waals surface area contributed by atoms with E-state index in [0.29, 0.717) is 12.8 Å². The summed E-state index contributed by atoms with van der Waals surface area (Å²) < 4.78 is 36.6. The molecule has 33 heavy (non-hydrogen) atoms. The molecule has 2 atom stereocenters. The maximum absolute atomic E-state index is 13.6. The van der Waals surface area contributed by atoms with Crippen molar-refractivity contribution < 1.29 is 27.9 Å². The van der Waals surface area contributed by atoms with Gasteiger partial charge in [0.05, 0.1) is 29.8 Å². The third-order valence-corrected chi connectivity index (χ3v) is 8.46. The maximum atomic E-state index is 13.6. The van der Waals surface area contributed by atoms with Gasteiger partial charge in [0.1, 0.15) is 6.61 Å². The molecule has 8 nitrogen and oxygen atoms in total.